The van der Waals surface area contributed by atoms with Crippen LogP contribution in [0.1, 0.15) is 22.0 Å². The second kappa shape index (κ2) is 6.56. The molecule has 0 radical (unpaired) electrons. The van der Waals surface area contributed by atoms with Crippen molar-refractivity contribution in [3.63, 3.8) is 0 Å². The first-order chi connectivity index (χ1) is 9.99. The molecule has 0 saturated carbocycles. The third-order valence-electron chi connectivity index (χ3n) is 2.90. The smallest absolute Gasteiger partial charge is 0.252 e. The zero-order valence-electron chi connectivity index (χ0n) is 10.9. The van der Waals surface area contributed by atoms with E-state index in [2.05, 4.69) is 5.32 Å². The second-order valence-corrected chi connectivity index (χ2v) is 5.26. The van der Waals surface area contributed by atoms with Gasteiger partial charge in [0.25, 0.3) is 5.91 Å². The number of aromatic hydroxyl groups is 1. The van der Waals surface area contributed by atoms with Gasteiger partial charge in [-0.25, -0.2) is 0 Å². The predicted octanol–water partition coefficient (Wildman–Crippen LogP) is 2.80. The van der Waals surface area contributed by atoms with Crippen LogP contribution in [0.5, 0.6) is 5.75 Å². The van der Waals surface area contributed by atoms with Crippen LogP contribution in [0.2, 0.25) is 5.02 Å². The average molecular weight is 321 g/mol. The summed E-state index contributed by atoms with van der Waals surface area (Å²) >= 11 is 10.8. The van der Waals surface area contributed by atoms with Crippen LogP contribution in [0.25, 0.3) is 0 Å². The fraction of sp³-hybridized carbons (Fsp3) is 0.0667. The summed E-state index contributed by atoms with van der Waals surface area (Å²) < 4.78 is 0. The molecule has 2 aromatic rings. The van der Waals surface area contributed by atoms with Gasteiger partial charge in [-0.3, -0.25) is 4.79 Å². The van der Waals surface area contributed by atoms with Crippen molar-refractivity contribution in [1.29, 1.82) is 0 Å². The lowest BCUT2D eigenvalue weighted by Gasteiger charge is -2.18. The third kappa shape index (κ3) is 3.71. The lowest BCUT2D eigenvalue weighted by Crippen LogP contribution is -2.36. The predicted molar refractivity (Wildman–Crippen MR) is 86.6 cm³/mol. The van der Waals surface area contributed by atoms with E-state index in [1.54, 1.807) is 0 Å². The van der Waals surface area contributed by atoms with Gasteiger partial charge in [0.1, 0.15) is 16.8 Å². The van der Waals surface area contributed by atoms with Gasteiger partial charge in [0, 0.05) is 5.56 Å². The summed E-state index contributed by atoms with van der Waals surface area (Å²) in [5.74, 6) is -0.458. The fourth-order valence-corrected chi connectivity index (χ4v) is 2.20. The van der Waals surface area contributed by atoms with E-state index in [4.69, 9.17) is 29.6 Å². The number of thiocarbonyl (C=S) groups is 1. The molecule has 0 aromatic heterocycles. The molecule has 1 unspecified atom stereocenters. The minimum absolute atomic E-state index is 0.0813. The maximum absolute atomic E-state index is 12.2. The highest BCUT2D eigenvalue weighted by Gasteiger charge is 2.18. The number of hydrogen-bond acceptors (Lipinski definition) is 3. The number of phenols is 1. The number of hydrogen-bond donors (Lipinski definition) is 3. The number of phenolic OH excluding ortho intramolecular Hbond substituents is 1. The number of rotatable bonds is 4. The van der Waals surface area contributed by atoms with E-state index in [9.17, 15) is 9.90 Å². The van der Waals surface area contributed by atoms with Crippen molar-refractivity contribution in [2.45, 2.75) is 6.04 Å². The van der Waals surface area contributed by atoms with Crippen molar-refractivity contribution < 1.29 is 9.90 Å². The number of amides is 1. The molecule has 6 heteroatoms. The van der Waals surface area contributed by atoms with Crippen molar-refractivity contribution in [3.05, 3.63) is 64.7 Å². The summed E-state index contributed by atoms with van der Waals surface area (Å²) in [4.78, 5) is 12.4. The molecule has 1 atom stereocenters. The molecule has 4 nitrogen and oxygen atoms in total. The van der Waals surface area contributed by atoms with Gasteiger partial charge in [0.2, 0.25) is 0 Å². The molecule has 1 amide bonds. The van der Waals surface area contributed by atoms with Gasteiger partial charge in [-0.1, -0.05) is 54.2 Å². The van der Waals surface area contributed by atoms with Crippen molar-refractivity contribution in [1.82, 2.24) is 5.32 Å². The number of carbonyl (C=O) groups excluding carboxylic acids is 1. The lowest BCUT2D eigenvalue weighted by atomic mass is 10.1. The maximum atomic E-state index is 12.2. The number of nitrogens with one attached hydrogen (secondary N) is 1. The van der Waals surface area contributed by atoms with Gasteiger partial charge in [0.15, 0.2) is 0 Å². The van der Waals surface area contributed by atoms with E-state index in [0.717, 1.165) is 5.56 Å². The molecule has 0 fully saturated rings. The number of benzene rings is 2. The molecular formula is C15H13ClN2O2S. The van der Waals surface area contributed by atoms with Crippen LogP contribution < -0.4 is 11.1 Å². The molecule has 2 aromatic carbocycles. The Morgan fingerprint density at radius 3 is 2.48 bits per heavy atom. The summed E-state index contributed by atoms with van der Waals surface area (Å²) in [6.45, 7) is 0. The van der Waals surface area contributed by atoms with Crippen LogP contribution >= 0.6 is 23.8 Å². The van der Waals surface area contributed by atoms with Crippen LogP contribution in [-0.2, 0) is 0 Å². The molecular weight excluding hydrogens is 308 g/mol. The first-order valence-electron chi connectivity index (χ1n) is 6.12. The highest BCUT2D eigenvalue weighted by Crippen LogP contribution is 2.24. The average Bonchev–Trinajstić information content (AvgIpc) is 2.48. The van der Waals surface area contributed by atoms with Crippen molar-refractivity contribution in [2.75, 3.05) is 0 Å². The Bertz CT molecular complexity index is 677. The van der Waals surface area contributed by atoms with Crippen molar-refractivity contribution in [3.8, 4) is 5.75 Å². The molecule has 2 rings (SSSR count). The van der Waals surface area contributed by atoms with Gasteiger partial charge in [-0.2, -0.15) is 0 Å². The first kappa shape index (κ1) is 15.3. The first-order valence-corrected chi connectivity index (χ1v) is 6.91. The monoisotopic (exact) mass is 320 g/mol. The van der Waals surface area contributed by atoms with Gasteiger partial charge in [-0.15, -0.1) is 0 Å². The Hall–Kier alpha value is -2.11. The number of nitrogens with two attached hydrogens (primary N) is 1. The SMILES string of the molecule is NC(=S)C(NC(=O)c1ccc(O)c(Cl)c1)c1ccccc1. The highest BCUT2D eigenvalue weighted by atomic mass is 35.5. The van der Waals surface area contributed by atoms with E-state index >= 15 is 0 Å². The summed E-state index contributed by atoms with van der Waals surface area (Å²) in [6.07, 6.45) is 0. The Kier molecular flexibility index (Phi) is 4.77. The summed E-state index contributed by atoms with van der Waals surface area (Å²) in [5.41, 5.74) is 6.81. The lowest BCUT2D eigenvalue weighted by molar-refractivity contribution is 0.0947. The normalized spacial score (nSPS) is 11.7. The Morgan fingerprint density at radius 2 is 1.90 bits per heavy atom. The topological polar surface area (TPSA) is 75.3 Å². The zero-order valence-corrected chi connectivity index (χ0v) is 12.5. The van der Waals surface area contributed by atoms with Crippen molar-refractivity contribution in [2.24, 2.45) is 5.73 Å². The van der Waals surface area contributed by atoms with Gasteiger partial charge >= 0.3 is 0 Å². The van der Waals surface area contributed by atoms with E-state index in [1.807, 2.05) is 30.3 Å². The molecule has 21 heavy (non-hydrogen) atoms. The van der Waals surface area contributed by atoms with Crippen LogP contribution in [0.4, 0.5) is 0 Å². The van der Waals surface area contributed by atoms with Crippen LogP contribution in [0.15, 0.2) is 48.5 Å². The van der Waals surface area contributed by atoms with E-state index < -0.39 is 6.04 Å². The van der Waals surface area contributed by atoms with E-state index in [0.29, 0.717) is 5.56 Å². The summed E-state index contributed by atoms with van der Waals surface area (Å²) in [6, 6.07) is 12.8. The molecule has 0 aliphatic heterocycles. The molecule has 4 N–H and O–H groups in total. The standard InChI is InChI=1S/C15H13ClN2O2S/c16-11-8-10(6-7-12(11)19)15(20)18-13(14(17)21)9-4-2-1-3-5-9/h1-8,13,19H,(H2,17,21)(H,18,20). The van der Waals surface area contributed by atoms with E-state index in [1.165, 1.54) is 18.2 Å². The number of halogens is 1. The van der Waals surface area contributed by atoms with Crippen molar-refractivity contribution >= 4 is 34.7 Å². The van der Waals surface area contributed by atoms with Gasteiger partial charge < -0.3 is 16.2 Å². The molecule has 0 aliphatic carbocycles. The van der Waals surface area contributed by atoms with Gasteiger partial charge in [-0.05, 0) is 23.8 Å². The molecule has 0 aliphatic rings. The Balaban J connectivity index is 2.23. The van der Waals surface area contributed by atoms with Crippen LogP contribution in [-0.4, -0.2) is 16.0 Å². The minimum Gasteiger partial charge on any atom is -0.506 e. The van der Waals surface area contributed by atoms with Crippen LogP contribution in [0.3, 0.4) is 0 Å². The molecule has 0 spiro atoms. The second-order valence-electron chi connectivity index (χ2n) is 4.39. The zero-order chi connectivity index (χ0) is 15.4. The Labute approximate surface area is 132 Å². The van der Waals surface area contributed by atoms with Gasteiger partial charge in [0.05, 0.1) is 5.02 Å². The quantitative estimate of drug-likeness (QED) is 0.757. The Morgan fingerprint density at radius 1 is 1.24 bits per heavy atom. The molecule has 0 bridgehead atoms. The molecule has 0 saturated heterocycles. The maximum Gasteiger partial charge on any atom is 0.252 e. The highest BCUT2D eigenvalue weighted by molar-refractivity contribution is 7.80. The molecule has 0 heterocycles. The third-order valence-corrected chi connectivity index (χ3v) is 3.44. The fourth-order valence-electron chi connectivity index (χ4n) is 1.83. The summed E-state index contributed by atoms with van der Waals surface area (Å²) in [7, 11) is 0. The summed E-state index contributed by atoms with van der Waals surface area (Å²) in [5, 5.41) is 12.2. The van der Waals surface area contributed by atoms with E-state index in [-0.39, 0.29) is 21.7 Å². The largest absolute Gasteiger partial charge is 0.506 e. The minimum atomic E-state index is -0.568. The number of carbonyl (C=O) groups is 1. The molecule has 108 valence electrons. The van der Waals surface area contributed by atoms with Crippen LogP contribution in [0, 0.1) is 0 Å².